The van der Waals surface area contributed by atoms with Crippen LogP contribution in [0.2, 0.25) is 0 Å². The van der Waals surface area contributed by atoms with Gasteiger partial charge in [0.15, 0.2) is 11.5 Å². The SMILES string of the molecule is CCN(CC)C(=O)Oc1ccc2c(ccn2Cc2cc(OCc3ccccc3)cc(OCc3ccccc3)c2)c1-c1ccc(OC)c(OC)c1. The number of nitrogens with zero attached hydrogens (tertiary/aromatic N) is 2. The van der Waals surface area contributed by atoms with Crippen molar-refractivity contribution in [2.45, 2.75) is 33.6 Å². The Balaban J connectivity index is 1.37. The van der Waals surface area contributed by atoms with Gasteiger partial charge in [-0.2, -0.15) is 0 Å². The van der Waals surface area contributed by atoms with E-state index < -0.39 is 6.09 Å². The van der Waals surface area contributed by atoms with Gasteiger partial charge in [0.2, 0.25) is 0 Å². The Bertz CT molecular complexity index is 1980. The smallest absolute Gasteiger partial charge is 0.415 e. The molecule has 0 unspecified atom stereocenters. The molecule has 0 atom stereocenters. The number of aromatic nitrogens is 1. The number of amides is 1. The first-order chi connectivity index (χ1) is 24.5. The van der Waals surface area contributed by atoms with Crippen LogP contribution in [0.25, 0.3) is 22.0 Å². The van der Waals surface area contributed by atoms with Gasteiger partial charge in [-0.05, 0) is 78.6 Å². The molecule has 0 aliphatic rings. The van der Waals surface area contributed by atoms with Crippen LogP contribution in [-0.4, -0.2) is 42.9 Å². The van der Waals surface area contributed by atoms with E-state index in [-0.39, 0.29) is 0 Å². The second-order valence-corrected chi connectivity index (χ2v) is 11.8. The lowest BCUT2D eigenvalue weighted by Gasteiger charge is -2.20. The monoisotopic (exact) mass is 670 g/mol. The normalized spacial score (nSPS) is 10.9. The van der Waals surface area contributed by atoms with Gasteiger partial charge in [0.05, 0.1) is 14.2 Å². The summed E-state index contributed by atoms with van der Waals surface area (Å²) in [7, 11) is 3.21. The Labute approximate surface area is 293 Å². The van der Waals surface area contributed by atoms with Gasteiger partial charge in [0, 0.05) is 48.4 Å². The van der Waals surface area contributed by atoms with Crippen molar-refractivity contribution < 1.29 is 28.5 Å². The summed E-state index contributed by atoms with van der Waals surface area (Å²) in [4.78, 5) is 14.8. The highest BCUT2D eigenvalue weighted by molar-refractivity contribution is 6.00. The summed E-state index contributed by atoms with van der Waals surface area (Å²) in [6.07, 6.45) is 1.65. The molecular weight excluding hydrogens is 628 g/mol. The maximum atomic E-state index is 13.1. The number of rotatable bonds is 14. The van der Waals surface area contributed by atoms with Crippen LogP contribution in [-0.2, 0) is 19.8 Å². The number of methoxy groups -OCH3 is 2. The van der Waals surface area contributed by atoms with E-state index in [9.17, 15) is 4.79 Å². The molecule has 8 heteroatoms. The minimum absolute atomic E-state index is 0.397. The van der Waals surface area contributed by atoms with Crippen molar-refractivity contribution in [2.24, 2.45) is 0 Å². The van der Waals surface area contributed by atoms with Crippen LogP contribution in [0.4, 0.5) is 4.79 Å². The van der Waals surface area contributed by atoms with Crippen LogP contribution < -0.4 is 23.7 Å². The van der Waals surface area contributed by atoms with Crippen LogP contribution in [0.1, 0.15) is 30.5 Å². The molecule has 8 nitrogen and oxygen atoms in total. The van der Waals surface area contributed by atoms with Gasteiger partial charge in [-0.15, -0.1) is 0 Å². The summed E-state index contributed by atoms with van der Waals surface area (Å²) in [6.45, 7) is 6.40. The summed E-state index contributed by atoms with van der Waals surface area (Å²) >= 11 is 0. The lowest BCUT2D eigenvalue weighted by molar-refractivity contribution is 0.157. The summed E-state index contributed by atoms with van der Waals surface area (Å²) in [5.41, 5.74) is 5.78. The number of ether oxygens (including phenoxy) is 5. The zero-order chi connectivity index (χ0) is 34.9. The third kappa shape index (κ3) is 7.87. The Hall–Kier alpha value is -5.89. The average molecular weight is 671 g/mol. The molecule has 0 bridgehead atoms. The van der Waals surface area contributed by atoms with E-state index in [2.05, 4.69) is 22.8 Å². The van der Waals surface area contributed by atoms with Crippen molar-refractivity contribution in [1.29, 1.82) is 0 Å². The van der Waals surface area contributed by atoms with Gasteiger partial charge in [-0.1, -0.05) is 66.7 Å². The zero-order valence-electron chi connectivity index (χ0n) is 28.9. The van der Waals surface area contributed by atoms with E-state index in [0.29, 0.717) is 50.1 Å². The van der Waals surface area contributed by atoms with Crippen LogP contribution in [0.5, 0.6) is 28.7 Å². The molecule has 0 spiro atoms. The van der Waals surface area contributed by atoms with Crippen molar-refractivity contribution in [3.05, 3.63) is 138 Å². The molecular formula is C42H42N2O6. The highest BCUT2D eigenvalue weighted by Gasteiger charge is 2.20. The lowest BCUT2D eigenvalue weighted by atomic mass is 10.00. The van der Waals surface area contributed by atoms with Gasteiger partial charge in [-0.3, -0.25) is 0 Å². The number of carbonyl (C=O) groups excluding carboxylic acids is 1. The van der Waals surface area contributed by atoms with Gasteiger partial charge in [0.1, 0.15) is 30.5 Å². The van der Waals surface area contributed by atoms with Gasteiger partial charge < -0.3 is 33.2 Å². The standard InChI is InChI=1S/C42H42N2O6/c1-5-43(6-2)42(45)50-39-20-18-37-36(41(39)33-17-19-38(46-3)40(25-33)47-4)21-22-44(37)27-32-23-34(48-28-30-13-9-7-10-14-30)26-35(24-32)49-29-31-15-11-8-12-16-31/h7-26H,5-6,27-29H2,1-4H3. The average Bonchev–Trinajstić information content (AvgIpc) is 3.56. The number of hydrogen-bond acceptors (Lipinski definition) is 6. The Morgan fingerprint density at radius 1 is 0.640 bits per heavy atom. The largest absolute Gasteiger partial charge is 0.493 e. The molecule has 1 amide bonds. The predicted octanol–water partition coefficient (Wildman–Crippen LogP) is 9.37. The van der Waals surface area contributed by atoms with Crippen LogP contribution >= 0.6 is 0 Å². The molecule has 0 N–H and O–H groups in total. The van der Waals surface area contributed by atoms with E-state index >= 15 is 0 Å². The summed E-state index contributed by atoms with van der Waals surface area (Å²) < 4.78 is 31.9. The second kappa shape index (κ2) is 16.0. The predicted molar refractivity (Wildman–Crippen MR) is 197 cm³/mol. The Morgan fingerprint density at radius 3 is 1.82 bits per heavy atom. The van der Waals surface area contributed by atoms with Gasteiger partial charge in [-0.25, -0.2) is 4.79 Å². The van der Waals surface area contributed by atoms with Gasteiger partial charge >= 0.3 is 6.09 Å². The number of hydrogen-bond donors (Lipinski definition) is 0. The van der Waals surface area contributed by atoms with Crippen molar-refractivity contribution >= 4 is 17.0 Å². The quantitative estimate of drug-likeness (QED) is 0.115. The van der Waals surface area contributed by atoms with E-state index in [4.69, 9.17) is 23.7 Å². The minimum atomic E-state index is -0.397. The molecule has 0 saturated carbocycles. The van der Waals surface area contributed by atoms with Crippen LogP contribution in [0.3, 0.4) is 0 Å². The molecule has 6 aromatic rings. The Kier molecular flexibility index (Phi) is 10.9. The number of benzene rings is 5. The molecule has 0 fully saturated rings. The summed E-state index contributed by atoms with van der Waals surface area (Å²) in [5, 5.41) is 0.930. The summed E-state index contributed by atoms with van der Waals surface area (Å²) in [5.74, 6) is 3.11. The minimum Gasteiger partial charge on any atom is -0.493 e. The second-order valence-electron chi connectivity index (χ2n) is 11.8. The molecule has 0 aliphatic heterocycles. The molecule has 0 radical (unpaired) electrons. The van der Waals surface area contributed by atoms with E-state index in [0.717, 1.165) is 50.2 Å². The zero-order valence-corrected chi connectivity index (χ0v) is 28.9. The van der Waals surface area contributed by atoms with Crippen molar-refractivity contribution in [1.82, 2.24) is 9.47 Å². The first-order valence-electron chi connectivity index (χ1n) is 16.8. The topological polar surface area (TPSA) is 71.4 Å². The van der Waals surface area contributed by atoms with Gasteiger partial charge in [0.25, 0.3) is 0 Å². The maximum Gasteiger partial charge on any atom is 0.415 e. The van der Waals surface area contributed by atoms with E-state index in [1.54, 1.807) is 19.1 Å². The molecule has 256 valence electrons. The fourth-order valence-electron chi connectivity index (χ4n) is 5.97. The van der Waals surface area contributed by atoms with Crippen molar-refractivity contribution in [3.63, 3.8) is 0 Å². The molecule has 6 rings (SSSR count). The van der Waals surface area contributed by atoms with E-state index in [1.807, 2.05) is 117 Å². The van der Waals surface area contributed by atoms with E-state index in [1.165, 1.54) is 0 Å². The van der Waals surface area contributed by atoms with Crippen molar-refractivity contribution in [3.8, 4) is 39.9 Å². The fraction of sp³-hybridized carbons (Fsp3) is 0.214. The third-order valence-electron chi connectivity index (χ3n) is 8.60. The molecule has 1 aromatic heterocycles. The van der Waals surface area contributed by atoms with Crippen LogP contribution in [0, 0.1) is 0 Å². The molecule has 0 aliphatic carbocycles. The lowest BCUT2D eigenvalue weighted by Crippen LogP contribution is -2.33. The number of carbonyl (C=O) groups is 1. The molecule has 0 saturated heterocycles. The van der Waals surface area contributed by atoms with Crippen molar-refractivity contribution in [2.75, 3.05) is 27.3 Å². The third-order valence-corrected chi connectivity index (χ3v) is 8.60. The molecule has 1 heterocycles. The first-order valence-corrected chi connectivity index (χ1v) is 16.8. The van der Waals surface area contributed by atoms with Crippen LogP contribution in [0.15, 0.2) is 121 Å². The highest BCUT2D eigenvalue weighted by atomic mass is 16.6. The summed E-state index contributed by atoms with van der Waals surface area (Å²) in [6, 6.07) is 37.9. The first kappa shape index (κ1) is 34.0. The highest BCUT2D eigenvalue weighted by Crippen LogP contribution is 2.41. The molecule has 5 aromatic carbocycles. The maximum absolute atomic E-state index is 13.1. The fourth-order valence-corrected chi connectivity index (χ4v) is 5.97. The molecule has 50 heavy (non-hydrogen) atoms. The Morgan fingerprint density at radius 2 is 1.24 bits per heavy atom. The number of fused-ring (bicyclic) bond motifs is 1.